The second-order valence-corrected chi connectivity index (χ2v) is 7.31. The van der Waals surface area contributed by atoms with E-state index >= 15 is 0 Å². The fraction of sp³-hybridized carbons (Fsp3) is 0.0769. The number of pyridine rings is 1. The van der Waals surface area contributed by atoms with Gasteiger partial charge in [0.15, 0.2) is 0 Å². The van der Waals surface area contributed by atoms with Crippen molar-refractivity contribution in [3.63, 3.8) is 0 Å². The molecule has 7 heteroatoms. The average Bonchev–Trinajstić information content (AvgIpc) is 2.83. The van der Waals surface area contributed by atoms with E-state index < -0.39 is 9.84 Å². The number of hydrogen-bond donors (Lipinski definition) is 0. The van der Waals surface area contributed by atoms with Crippen LogP contribution in [0.15, 0.2) is 46.8 Å². The topological polar surface area (TPSA) is 69.2 Å². The summed E-state index contributed by atoms with van der Waals surface area (Å²) in [5.74, 6) is 1.08. The lowest BCUT2D eigenvalue weighted by Crippen LogP contribution is -1.94. The summed E-state index contributed by atoms with van der Waals surface area (Å²) >= 11 is 1.04. The van der Waals surface area contributed by atoms with E-state index in [4.69, 9.17) is 4.74 Å². The maximum atomic E-state index is 11.5. The predicted octanol–water partition coefficient (Wildman–Crippen LogP) is 2.89. The van der Waals surface area contributed by atoms with Crippen molar-refractivity contribution < 1.29 is 13.2 Å². The third-order valence-electron chi connectivity index (χ3n) is 2.49. The number of aromatic nitrogens is 2. The number of benzene rings is 1. The van der Waals surface area contributed by atoms with Gasteiger partial charge < -0.3 is 4.74 Å². The Balaban J connectivity index is 1.99. The summed E-state index contributed by atoms with van der Waals surface area (Å²) in [7, 11) is -3.31. The molecule has 1 aromatic carbocycles. The van der Waals surface area contributed by atoms with Crippen LogP contribution >= 0.6 is 11.3 Å². The minimum Gasteiger partial charge on any atom is -0.439 e. The molecule has 0 saturated heterocycles. The molecule has 2 aromatic heterocycles. The molecule has 0 fully saturated rings. The lowest BCUT2D eigenvalue weighted by molar-refractivity contribution is 0.465. The first-order valence-corrected chi connectivity index (χ1v) is 8.44. The summed E-state index contributed by atoms with van der Waals surface area (Å²) in [5.41, 5.74) is 0.552. The monoisotopic (exact) mass is 306 g/mol. The van der Waals surface area contributed by atoms with Crippen LogP contribution in [0.4, 0.5) is 0 Å². The number of thiazole rings is 1. The highest BCUT2D eigenvalue weighted by Gasteiger charge is 2.15. The second kappa shape index (κ2) is 4.84. The Kier molecular flexibility index (Phi) is 3.15. The van der Waals surface area contributed by atoms with E-state index in [9.17, 15) is 8.42 Å². The predicted molar refractivity (Wildman–Crippen MR) is 77.0 cm³/mol. The summed E-state index contributed by atoms with van der Waals surface area (Å²) in [5, 5.41) is 0. The highest BCUT2D eigenvalue weighted by atomic mass is 32.2. The molecule has 3 aromatic rings. The van der Waals surface area contributed by atoms with Crippen LogP contribution in [0.3, 0.4) is 0 Å². The summed E-state index contributed by atoms with van der Waals surface area (Å²) in [6.07, 6.45) is 1.13. The van der Waals surface area contributed by atoms with Crippen molar-refractivity contribution >= 4 is 31.5 Å². The number of para-hydroxylation sites is 1. The Morgan fingerprint density at radius 2 is 1.80 bits per heavy atom. The molecule has 0 atom stereocenters. The van der Waals surface area contributed by atoms with E-state index in [-0.39, 0.29) is 4.34 Å². The third kappa shape index (κ3) is 2.63. The Morgan fingerprint density at radius 3 is 2.50 bits per heavy atom. The normalized spacial score (nSPS) is 11.7. The zero-order valence-corrected chi connectivity index (χ0v) is 12.1. The summed E-state index contributed by atoms with van der Waals surface area (Å²) in [6.45, 7) is 0. The van der Waals surface area contributed by atoms with Gasteiger partial charge >= 0.3 is 0 Å². The molecule has 0 saturated carbocycles. The summed E-state index contributed by atoms with van der Waals surface area (Å²) < 4.78 is 28.6. The Bertz CT molecular complexity index is 858. The van der Waals surface area contributed by atoms with Crippen LogP contribution in [0.1, 0.15) is 0 Å². The smallest absolute Gasteiger partial charge is 0.220 e. The van der Waals surface area contributed by atoms with E-state index in [1.807, 2.05) is 30.3 Å². The molecular formula is C13H10N2O3S2. The SMILES string of the molecule is CS(=O)(=O)c1nc2ccc(Oc3ccccc3)nc2s1. The van der Waals surface area contributed by atoms with Crippen molar-refractivity contribution in [2.45, 2.75) is 4.34 Å². The van der Waals surface area contributed by atoms with Gasteiger partial charge in [-0.15, -0.1) is 0 Å². The van der Waals surface area contributed by atoms with E-state index in [1.165, 1.54) is 0 Å². The van der Waals surface area contributed by atoms with Gasteiger partial charge in [0, 0.05) is 12.3 Å². The van der Waals surface area contributed by atoms with E-state index in [1.54, 1.807) is 12.1 Å². The van der Waals surface area contributed by atoms with Crippen molar-refractivity contribution in [2.24, 2.45) is 0 Å². The molecule has 2 heterocycles. The van der Waals surface area contributed by atoms with Crippen LogP contribution in [0.5, 0.6) is 11.6 Å². The number of hydrogen-bond acceptors (Lipinski definition) is 6. The maximum absolute atomic E-state index is 11.5. The summed E-state index contributed by atoms with van der Waals surface area (Å²) in [4.78, 5) is 8.86. The average molecular weight is 306 g/mol. The molecule has 0 unspecified atom stereocenters. The van der Waals surface area contributed by atoms with Crippen LogP contribution in [-0.4, -0.2) is 24.6 Å². The number of fused-ring (bicyclic) bond motifs is 1. The highest BCUT2D eigenvalue weighted by molar-refractivity contribution is 7.92. The van der Waals surface area contributed by atoms with Crippen LogP contribution in [0.2, 0.25) is 0 Å². The molecule has 0 spiro atoms. The van der Waals surface area contributed by atoms with Crippen LogP contribution < -0.4 is 4.74 Å². The Morgan fingerprint density at radius 1 is 1.05 bits per heavy atom. The van der Waals surface area contributed by atoms with Gasteiger partial charge in [0.2, 0.25) is 20.1 Å². The van der Waals surface area contributed by atoms with E-state index in [2.05, 4.69) is 9.97 Å². The Hall–Kier alpha value is -1.99. The zero-order valence-electron chi connectivity index (χ0n) is 10.5. The maximum Gasteiger partial charge on any atom is 0.220 e. The van der Waals surface area contributed by atoms with Crippen molar-refractivity contribution in [3.05, 3.63) is 42.5 Å². The third-order valence-corrected chi connectivity index (χ3v) is 5.14. The number of rotatable bonds is 3. The van der Waals surface area contributed by atoms with Gasteiger partial charge in [-0.3, -0.25) is 0 Å². The Labute approximate surface area is 119 Å². The van der Waals surface area contributed by atoms with Gasteiger partial charge in [0.05, 0.1) is 0 Å². The lowest BCUT2D eigenvalue weighted by atomic mass is 10.3. The fourth-order valence-electron chi connectivity index (χ4n) is 1.60. The molecule has 0 bridgehead atoms. The highest BCUT2D eigenvalue weighted by Crippen LogP contribution is 2.27. The van der Waals surface area contributed by atoms with Crippen molar-refractivity contribution in [2.75, 3.05) is 6.26 Å². The van der Waals surface area contributed by atoms with Crippen molar-refractivity contribution in [1.82, 2.24) is 9.97 Å². The van der Waals surface area contributed by atoms with E-state index in [0.29, 0.717) is 22.0 Å². The number of sulfone groups is 1. The molecule has 20 heavy (non-hydrogen) atoms. The molecule has 0 aliphatic rings. The molecule has 102 valence electrons. The van der Waals surface area contributed by atoms with Crippen LogP contribution in [0, 0.1) is 0 Å². The first-order valence-electron chi connectivity index (χ1n) is 5.73. The number of nitrogens with zero attached hydrogens (tertiary/aromatic N) is 2. The van der Waals surface area contributed by atoms with Gasteiger partial charge in [-0.25, -0.2) is 18.4 Å². The molecule has 0 amide bonds. The fourth-order valence-corrected chi connectivity index (χ4v) is 3.37. The van der Waals surface area contributed by atoms with E-state index in [0.717, 1.165) is 17.6 Å². The summed E-state index contributed by atoms with van der Waals surface area (Å²) in [6, 6.07) is 12.6. The molecule has 3 rings (SSSR count). The van der Waals surface area contributed by atoms with Crippen LogP contribution in [0.25, 0.3) is 10.3 Å². The van der Waals surface area contributed by atoms with Gasteiger partial charge in [0.1, 0.15) is 16.1 Å². The first kappa shape index (κ1) is 13.0. The zero-order chi connectivity index (χ0) is 14.2. The molecule has 5 nitrogen and oxygen atoms in total. The molecule has 0 radical (unpaired) electrons. The molecule has 0 aliphatic heterocycles. The van der Waals surface area contributed by atoms with Gasteiger partial charge in [-0.2, -0.15) is 0 Å². The largest absolute Gasteiger partial charge is 0.439 e. The molecule has 0 aliphatic carbocycles. The number of ether oxygens (including phenoxy) is 1. The lowest BCUT2D eigenvalue weighted by Gasteiger charge is -2.03. The second-order valence-electron chi connectivity index (χ2n) is 4.14. The standard InChI is InChI=1S/C13H10N2O3S2/c1-20(16,17)13-14-10-7-8-11(15-12(10)19-13)18-9-5-3-2-4-6-9/h2-8H,1H3. The van der Waals surface area contributed by atoms with Crippen LogP contribution in [-0.2, 0) is 9.84 Å². The quantitative estimate of drug-likeness (QED) is 0.744. The van der Waals surface area contributed by atoms with Gasteiger partial charge in [0.25, 0.3) is 0 Å². The molecular weight excluding hydrogens is 296 g/mol. The molecule has 0 N–H and O–H groups in total. The van der Waals surface area contributed by atoms with Crippen molar-refractivity contribution in [1.29, 1.82) is 0 Å². The van der Waals surface area contributed by atoms with Gasteiger partial charge in [-0.05, 0) is 18.2 Å². The first-order chi connectivity index (χ1) is 9.52. The minimum absolute atomic E-state index is 0.0665. The van der Waals surface area contributed by atoms with Gasteiger partial charge in [-0.1, -0.05) is 29.5 Å². The van der Waals surface area contributed by atoms with Crippen molar-refractivity contribution in [3.8, 4) is 11.6 Å². The minimum atomic E-state index is -3.31.